The van der Waals surface area contributed by atoms with E-state index in [0.717, 1.165) is 17.0 Å². The minimum absolute atomic E-state index is 0.00528. The third-order valence-electron chi connectivity index (χ3n) is 2.41. The topological polar surface area (TPSA) is 55.6 Å². The number of nitrogens with one attached hydrogen (secondary N) is 1. The maximum Gasteiger partial charge on any atom is 0.149 e. The average Bonchev–Trinajstić information content (AvgIpc) is 2.69. The van der Waals surface area contributed by atoms with Crippen LogP contribution in [0.1, 0.15) is 23.0 Å². The zero-order valence-electron chi connectivity index (χ0n) is 9.68. The van der Waals surface area contributed by atoms with Crippen LogP contribution in [-0.4, -0.2) is 26.8 Å². The van der Waals surface area contributed by atoms with Crippen LogP contribution in [0.15, 0.2) is 24.8 Å². The van der Waals surface area contributed by atoms with Gasteiger partial charge >= 0.3 is 0 Å². The monoisotopic (exact) mass is 217 g/mol. The first-order valence-electron chi connectivity index (χ1n) is 5.15. The Kier molecular flexibility index (Phi) is 2.96. The van der Waals surface area contributed by atoms with Crippen molar-refractivity contribution in [3.8, 4) is 0 Å². The van der Waals surface area contributed by atoms with Crippen molar-refractivity contribution in [1.29, 1.82) is 0 Å². The lowest BCUT2D eigenvalue weighted by atomic mass is 10.1. The molecule has 5 nitrogen and oxygen atoms in total. The van der Waals surface area contributed by atoms with Crippen LogP contribution in [0.4, 0.5) is 0 Å². The van der Waals surface area contributed by atoms with Gasteiger partial charge in [-0.1, -0.05) is 0 Å². The highest BCUT2D eigenvalue weighted by atomic mass is 15.2. The summed E-state index contributed by atoms with van der Waals surface area (Å²) in [6, 6.07) is -0.00528. The van der Waals surface area contributed by atoms with Gasteiger partial charge in [0.25, 0.3) is 0 Å². The lowest BCUT2D eigenvalue weighted by Gasteiger charge is -2.12. The highest BCUT2D eigenvalue weighted by molar-refractivity contribution is 5.19. The second kappa shape index (κ2) is 4.40. The van der Waals surface area contributed by atoms with Gasteiger partial charge in [0.1, 0.15) is 5.82 Å². The van der Waals surface area contributed by atoms with E-state index in [9.17, 15) is 0 Å². The molecule has 0 radical (unpaired) electrons. The van der Waals surface area contributed by atoms with Gasteiger partial charge in [-0.3, -0.25) is 4.68 Å². The smallest absolute Gasteiger partial charge is 0.149 e. The van der Waals surface area contributed by atoms with Gasteiger partial charge in [0.2, 0.25) is 0 Å². The first-order chi connectivity index (χ1) is 7.70. The molecule has 0 fully saturated rings. The van der Waals surface area contributed by atoms with Gasteiger partial charge in [-0.25, -0.2) is 9.97 Å². The Bertz CT molecular complexity index is 459. The second-order valence-corrected chi connectivity index (χ2v) is 3.79. The van der Waals surface area contributed by atoms with Gasteiger partial charge in [-0.05, 0) is 19.5 Å². The summed E-state index contributed by atoms with van der Waals surface area (Å²) < 4.78 is 1.77. The molecule has 0 spiro atoms. The molecule has 1 unspecified atom stereocenters. The number of aromatic nitrogens is 4. The maximum atomic E-state index is 4.32. The summed E-state index contributed by atoms with van der Waals surface area (Å²) in [6.45, 7) is 1.97. The standard InChI is InChI=1S/C11H15N5/c1-8-4-13-11(14-5-8)10(12-2)9-6-15-16(3)7-9/h4-7,10,12H,1-3H3. The van der Waals surface area contributed by atoms with Crippen LogP contribution >= 0.6 is 0 Å². The molecule has 5 heteroatoms. The Morgan fingerprint density at radius 1 is 1.25 bits per heavy atom. The van der Waals surface area contributed by atoms with E-state index in [-0.39, 0.29) is 6.04 Å². The molecule has 2 aromatic rings. The molecule has 2 rings (SSSR count). The number of hydrogen-bond donors (Lipinski definition) is 1. The fourth-order valence-corrected chi connectivity index (χ4v) is 1.59. The fourth-order valence-electron chi connectivity index (χ4n) is 1.59. The first kappa shape index (κ1) is 10.8. The van der Waals surface area contributed by atoms with Crippen LogP contribution in [0, 0.1) is 6.92 Å². The van der Waals surface area contributed by atoms with Crippen LogP contribution in [0.3, 0.4) is 0 Å². The SMILES string of the molecule is CNC(c1cnn(C)c1)c1ncc(C)cn1. The Morgan fingerprint density at radius 2 is 1.94 bits per heavy atom. The van der Waals surface area contributed by atoms with Crippen LogP contribution in [-0.2, 0) is 7.05 Å². The summed E-state index contributed by atoms with van der Waals surface area (Å²) in [5.74, 6) is 0.765. The molecule has 2 aromatic heterocycles. The summed E-state index contributed by atoms with van der Waals surface area (Å²) in [7, 11) is 3.78. The molecule has 0 aromatic carbocycles. The van der Waals surface area contributed by atoms with E-state index in [0.29, 0.717) is 0 Å². The van der Waals surface area contributed by atoms with Crippen molar-refractivity contribution in [2.45, 2.75) is 13.0 Å². The maximum absolute atomic E-state index is 4.32. The summed E-state index contributed by atoms with van der Waals surface area (Å²) in [6.07, 6.45) is 7.43. The van der Waals surface area contributed by atoms with Crippen molar-refractivity contribution in [2.75, 3.05) is 7.05 Å². The second-order valence-electron chi connectivity index (χ2n) is 3.79. The Morgan fingerprint density at radius 3 is 2.44 bits per heavy atom. The minimum atomic E-state index is -0.00528. The van der Waals surface area contributed by atoms with Gasteiger partial charge in [0, 0.05) is 31.2 Å². The van der Waals surface area contributed by atoms with E-state index in [1.165, 1.54) is 0 Å². The molecule has 0 aliphatic heterocycles. The van der Waals surface area contributed by atoms with Crippen LogP contribution < -0.4 is 5.32 Å². The van der Waals surface area contributed by atoms with E-state index in [4.69, 9.17) is 0 Å². The molecule has 84 valence electrons. The van der Waals surface area contributed by atoms with Gasteiger partial charge in [0.15, 0.2) is 0 Å². The molecule has 16 heavy (non-hydrogen) atoms. The number of aryl methyl sites for hydroxylation is 2. The third kappa shape index (κ3) is 2.09. The van der Waals surface area contributed by atoms with Gasteiger partial charge < -0.3 is 5.32 Å². The lowest BCUT2D eigenvalue weighted by molar-refractivity contribution is 0.644. The number of hydrogen-bond acceptors (Lipinski definition) is 4. The van der Waals surface area contributed by atoms with Crippen LogP contribution in [0.2, 0.25) is 0 Å². The van der Waals surface area contributed by atoms with E-state index in [1.807, 2.05) is 45.8 Å². The number of rotatable bonds is 3. The minimum Gasteiger partial charge on any atom is -0.307 e. The molecular formula is C11H15N5. The molecule has 0 aliphatic carbocycles. The molecule has 1 N–H and O–H groups in total. The molecule has 1 atom stereocenters. The summed E-state index contributed by atoms with van der Waals surface area (Å²) >= 11 is 0. The Hall–Kier alpha value is -1.75. The van der Waals surface area contributed by atoms with E-state index in [2.05, 4.69) is 20.4 Å². The third-order valence-corrected chi connectivity index (χ3v) is 2.41. The zero-order chi connectivity index (χ0) is 11.5. The van der Waals surface area contributed by atoms with E-state index >= 15 is 0 Å². The van der Waals surface area contributed by atoms with Crippen molar-refractivity contribution in [1.82, 2.24) is 25.1 Å². The predicted octanol–water partition coefficient (Wildman–Crippen LogP) is 0.827. The van der Waals surface area contributed by atoms with E-state index in [1.54, 1.807) is 4.68 Å². The summed E-state index contributed by atoms with van der Waals surface area (Å²) in [5.41, 5.74) is 2.12. The Balaban J connectivity index is 2.32. The van der Waals surface area contributed by atoms with Crippen molar-refractivity contribution >= 4 is 0 Å². The fraction of sp³-hybridized carbons (Fsp3) is 0.364. The molecule has 0 bridgehead atoms. The van der Waals surface area contributed by atoms with Crippen molar-refractivity contribution in [3.05, 3.63) is 41.7 Å². The normalized spacial score (nSPS) is 12.7. The zero-order valence-corrected chi connectivity index (χ0v) is 9.68. The molecule has 0 aliphatic rings. The quantitative estimate of drug-likeness (QED) is 0.827. The summed E-state index contributed by atoms with van der Waals surface area (Å²) in [5, 5.41) is 7.34. The highest BCUT2D eigenvalue weighted by Gasteiger charge is 2.15. The van der Waals surface area contributed by atoms with Crippen molar-refractivity contribution < 1.29 is 0 Å². The Labute approximate surface area is 94.5 Å². The molecule has 0 amide bonds. The van der Waals surface area contributed by atoms with Crippen LogP contribution in [0.5, 0.6) is 0 Å². The van der Waals surface area contributed by atoms with Crippen molar-refractivity contribution in [3.63, 3.8) is 0 Å². The lowest BCUT2D eigenvalue weighted by Crippen LogP contribution is -2.19. The average molecular weight is 217 g/mol. The predicted molar refractivity (Wildman–Crippen MR) is 60.9 cm³/mol. The van der Waals surface area contributed by atoms with Crippen molar-refractivity contribution in [2.24, 2.45) is 7.05 Å². The molecule has 0 saturated carbocycles. The highest BCUT2D eigenvalue weighted by Crippen LogP contribution is 2.17. The van der Waals surface area contributed by atoms with Gasteiger partial charge in [-0.2, -0.15) is 5.10 Å². The summed E-state index contributed by atoms with van der Waals surface area (Å²) in [4.78, 5) is 8.65. The largest absolute Gasteiger partial charge is 0.307 e. The van der Waals surface area contributed by atoms with Crippen LogP contribution in [0.25, 0.3) is 0 Å². The molecule has 0 saturated heterocycles. The van der Waals surface area contributed by atoms with Gasteiger partial charge in [0.05, 0.1) is 12.2 Å². The van der Waals surface area contributed by atoms with Gasteiger partial charge in [-0.15, -0.1) is 0 Å². The first-order valence-corrected chi connectivity index (χ1v) is 5.15. The molecule has 2 heterocycles. The van der Waals surface area contributed by atoms with E-state index < -0.39 is 0 Å². The number of nitrogens with zero attached hydrogens (tertiary/aromatic N) is 4. The molecular weight excluding hydrogens is 202 g/mol.